The number of hydrogen-bond donors (Lipinski definition) is 2. The van der Waals surface area contributed by atoms with Crippen LogP contribution in [0.25, 0.3) is 0 Å². The van der Waals surface area contributed by atoms with Crippen LogP contribution in [-0.2, 0) is 14.4 Å². The van der Waals surface area contributed by atoms with E-state index < -0.39 is 18.0 Å². The molecule has 2 amide bonds. The van der Waals surface area contributed by atoms with Crippen LogP contribution in [0.1, 0.15) is 0 Å². The monoisotopic (exact) mass is 196 g/mol. The normalized spacial score (nSPS) is 8.62. The summed E-state index contributed by atoms with van der Waals surface area (Å²) < 4.78 is 0. The molecule has 0 heterocycles. The van der Waals surface area contributed by atoms with Gasteiger partial charge in [0.25, 0.3) is 0 Å². The molecule has 0 aliphatic heterocycles. The minimum atomic E-state index is -1.55. The van der Waals surface area contributed by atoms with Crippen LogP contribution in [0.3, 0.4) is 0 Å². The fraction of sp³-hybridized carbons (Fsp3) is 0. The number of aliphatic carboxylic acids is 1. The fourth-order valence-electron chi connectivity index (χ4n) is 0.271. The summed E-state index contributed by atoms with van der Waals surface area (Å²) in [6, 6.07) is -1.06. The third kappa shape index (κ3) is 10.9. The molecule has 0 saturated heterocycles. The molecule has 0 bridgehead atoms. The Balaban J connectivity index is 0. The van der Waals surface area contributed by atoms with E-state index in [0.29, 0.717) is 12.2 Å². The quantitative estimate of drug-likeness (QED) is 0.259. The number of rotatable bonds is 2. The Morgan fingerprint density at radius 1 is 1.31 bits per heavy atom. The number of nitrogens with two attached hydrogens (primary N) is 1. The van der Waals surface area contributed by atoms with Crippen LogP contribution in [0.2, 0.25) is 0 Å². The van der Waals surface area contributed by atoms with Gasteiger partial charge in [-0.25, -0.2) is 9.59 Å². The molecule has 0 aromatic carbocycles. The van der Waals surface area contributed by atoms with Crippen LogP contribution >= 0.6 is 0 Å². The van der Waals surface area contributed by atoms with Gasteiger partial charge in [-0.2, -0.15) is 5.48 Å². The largest absolute Gasteiger partial charge is 1.00 e. The number of hydroxylamine groups is 1. The number of carboxylic acid groups (broad SMARTS) is 1. The molecule has 66 valence electrons. The number of nitrogens with one attached hydrogen (secondary N) is 1. The number of hydrogen-bond acceptors (Lipinski definition) is 5. The van der Waals surface area contributed by atoms with E-state index in [1.807, 2.05) is 0 Å². The van der Waals surface area contributed by atoms with Crippen LogP contribution < -0.4 is 45.9 Å². The van der Waals surface area contributed by atoms with Crippen molar-refractivity contribution < 1.29 is 53.9 Å². The van der Waals surface area contributed by atoms with Crippen molar-refractivity contribution in [2.24, 2.45) is 5.73 Å². The predicted molar refractivity (Wildman–Crippen MR) is 33.0 cm³/mol. The van der Waals surface area contributed by atoms with Crippen molar-refractivity contribution in [3.63, 3.8) is 0 Å². The van der Waals surface area contributed by atoms with E-state index >= 15 is 0 Å². The smallest absolute Gasteiger partial charge is 0.545 e. The molecular formula is C5H5N2NaO5. The first-order valence-corrected chi connectivity index (χ1v) is 2.67. The topological polar surface area (TPSA) is 122 Å². The van der Waals surface area contributed by atoms with Gasteiger partial charge in [-0.15, -0.1) is 0 Å². The molecule has 0 aliphatic carbocycles. The zero-order valence-electron chi connectivity index (χ0n) is 6.77. The molecule has 8 heteroatoms. The van der Waals surface area contributed by atoms with Gasteiger partial charge in [0.15, 0.2) is 0 Å². The van der Waals surface area contributed by atoms with Crippen molar-refractivity contribution in [1.29, 1.82) is 0 Å². The summed E-state index contributed by atoms with van der Waals surface area (Å²) in [5.41, 5.74) is 6.01. The van der Waals surface area contributed by atoms with Crippen molar-refractivity contribution in [3.8, 4) is 0 Å². The van der Waals surface area contributed by atoms with E-state index in [9.17, 15) is 19.5 Å². The zero-order chi connectivity index (χ0) is 9.56. The van der Waals surface area contributed by atoms with E-state index in [1.54, 1.807) is 0 Å². The van der Waals surface area contributed by atoms with Crippen LogP contribution in [0.5, 0.6) is 0 Å². The minimum absolute atomic E-state index is 0. The zero-order valence-corrected chi connectivity index (χ0v) is 8.77. The second kappa shape index (κ2) is 7.59. The van der Waals surface area contributed by atoms with Crippen LogP contribution in [0, 0.1) is 0 Å². The van der Waals surface area contributed by atoms with E-state index in [4.69, 9.17) is 0 Å². The number of primary amides is 1. The Kier molecular flexibility index (Phi) is 8.45. The van der Waals surface area contributed by atoms with Gasteiger partial charge in [-0.3, -0.25) is 0 Å². The van der Waals surface area contributed by atoms with Gasteiger partial charge < -0.3 is 20.5 Å². The average molecular weight is 196 g/mol. The number of carbonyl (C=O) groups is 3. The second-order valence-corrected chi connectivity index (χ2v) is 1.54. The molecule has 0 spiro atoms. The van der Waals surface area contributed by atoms with Crippen molar-refractivity contribution in [2.75, 3.05) is 0 Å². The van der Waals surface area contributed by atoms with Crippen LogP contribution in [-0.4, -0.2) is 18.0 Å². The summed E-state index contributed by atoms with van der Waals surface area (Å²) >= 11 is 0. The van der Waals surface area contributed by atoms with Gasteiger partial charge in [0.2, 0.25) is 0 Å². The number of carboxylic acids is 1. The molecular weight excluding hydrogens is 191 g/mol. The standard InChI is InChI=1S/C5H6N2O5.Na/c6-5(11)7-12-4(10)2-1-3(8)9;/h1-2H,(H,8,9)(H3,6,7,11);/q;+1/p-1/b2-1-;. The molecule has 13 heavy (non-hydrogen) atoms. The SMILES string of the molecule is NC(=O)NOC(=O)/C=C\C(=O)[O-].[Na+]. The van der Waals surface area contributed by atoms with Crippen molar-refractivity contribution >= 4 is 18.0 Å². The van der Waals surface area contributed by atoms with Gasteiger partial charge >= 0.3 is 41.6 Å². The minimum Gasteiger partial charge on any atom is -0.545 e. The summed E-state index contributed by atoms with van der Waals surface area (Å²) in [6.45, 7) is 0. The molecule has 0 atom stereocenters. The van der Waals surface area contributed by atoms with Crippen LogP contribution in [0.15, 0.2) is 12.2 Å². The van der Waals surface area contributed by atoms with Gasteiger partial charge in [-0.1, -0.05) is 0 Å². The maximum absolute atomic E-state index is 10.4. The van der Waals surface area contributed by atoms with Crippen LogP contribution in [0.4, 0.5) is 4.79 Å². The van der Waals surface area contributed by atoms with E-state index in [1.165, 1.54) is 5.48 Å². The first-order chi connectivity index (χ1) is 5.52. The second-order valence-electron chi connectivity index (χ2n) is 1.54. The third-order valence-electron chi connectivity index (χ3n) is 0.608. The van der Waals surface area contributed by atoms with E-state index in [0.717, 1.165) is 0 Å². The molecule has 3 N–H and O–H groups in total. The molecule has 0 fully saturated rings. The summed E-state index contributed by atoms with van der Waals surface area (Å²) in [4.78, 5) is 33.9. The first kappa shape index (κ1) is 14.5. The molecule has 0 unspecified atom stereocenters. The number of carbonyl (C=O) groups excluding carboxylic acids is 3. The Hall–Kier alpha value is -1.05. The maximum atomic E-state index is 10.4. The maximum Gasteiger partial charge on any atom is 1.00 e. The van der Waals surface area contributed by atoms with E-state index in [-0.39, 0.29) is 29.6 Å². The Morgan fingerprint density at radius 2 is 1.85 bits per heavy atom. The Labute approximate surface area is 95.2 Å². The molecule has 0 aromatic heterocycles. The molecule has 7 nitrogen and oxygen atoms in total. The first-order valence-electron chi connectivity index (χ1n) is 2.67. The fourth-order valence-corrected chi connectivity index (χ4v) is 0.271. The molecule has 0 rings (SSSR count). The molecule has 0 aromatic rings. The molecule has 0 aliphatic rings. The Morgan fingerprint density at radius 3 is 2.23 bits per heavy atom. The van der Waals surface area contributed by atoms with Crippen molar-refractivity contribution in [2.45, 2.75) is 0 Å². The Bertz CT molecular complexity index is 239. The van der Waals surface area contributed by atoms with Gasteiger partial charge in [-0.05, 0) is 6.08 Å². The molecule has 0 saturated carbocycles. The van der Waals surface area contributed by atoms with E-state index in [2.05, 4.69) is 10.6 Å². The predicted octanol–water partition coefficient (Wildman–Crippen LogP) is -5.58. The summed E-state index contributed by atoms with van der Waals surface area (Å²) in [5.74, 6) is -2.62. The number of urea groups is 1. The summed E-state index contributed by atoms with van der Waals surface area (Å²) in [6.07, 6.45) is 1.01. The summed E-state index contributed by atoms with van der Waals surface area (Å²) in [5, 5.41) is 9.72. The summed E-state index contributed by atoms with van der Waals surface area (Å²) in [7, 11) is 0. The van der Waals surface area contributed by atoms with Gasteiger partial charge in [0, 0.05) is 6.08 Å². The van der Waals surface area contributed by atoms with Gasteiger partial charge in [0.05, 0.1) is 5.97 Å². The van der Waals surface area contributed by atoms with Crippen molar-refractivity contribution in [3.05, 3.63) is 12.2 Å². The van der Waals surface area contributed by atoms with Gasteiger partial charge in [0.1, 0.15) is 0 Å². The molecule has 0 radical (unpaired) electrons. The third-order valence-corrected chi connectivity index (χ3v) is 0.608. The average Bonchev–Trinajstić information content (AvgIpc) is 1.96. The number of amides is 2. The van der Waals surface area contributed by atoms with Crippen molar-refractivity contribution in [1.82, 2.24) is 5.48 Å².